The number of hydrogen-bond donors (Lipinski definition) is 1. The molecule has 3 rings (SSSR count). The van der Waals surface area contributed by atoms with Crippen LogP contribution in [0.3, 0.4) is 0 Å². The van der Waals surface area contributed by atoms with Crippen LogP contribution < -0.4 is 4.90 Å². The molecule has 76 valence electrons. The van der Waals surface area contributed by atoms with Crippen molar-refractivity contribution in [1.29, 1.82) is 5.41 Å². The fraction of sp³-hybridized carbons (Fsp3) is 0.273. The Labute approximate surface area is 87.7 Å². The summed E-state index contributed by atoms with van der Waals surface area (Å²) in [5, 5.41) is 7.62. The molecule has 2 aromatic heterocycles. The lowest BCUT2D eigenvalue weighted by Gasteiger charge is -2.16. The van der Waals surface area contributed by atoms with Gasteiger partial charge in [0.15, 0.2) is 5.82 Å². The Morgan fingerprint density at radius 2 is 2.27 bits per heavy atom. The lowest BCUT2D eigenvalue weighted by Crippen LogP contribution is -2.21. The largest absolute Gasteiger partial charge is 0.349 e. The molecule has 1 saturated heterocycles. The highest BCUT2D eigenvalue weighted by Crippen LogP contribution is 2.21. The van der Waals surface area contributed by atoms with Crippen molar-refractivity contribution in [2.24, 2.45) is 0 Å². The van der Waals surface area contributed by atoms with E-state index < -0.39 is 0 Å². The lowest BCUT2D eigenvalue weighted by atomic mass is 10.3. The Balaban J connectivity index is 2.10. The van der Waals surface area contributed by atoms with E-state index in [-0.39, 0.29) is 0 Å². The highest BCUT2D eigenvalue weighted by Gasteiger charge is 2.19. The van der Waals surface area contributed by atoms with Crippen LogP contribution in [0.1, 0.15) is 6.42 Å². The van der Waals surface area contributed by atoms with Gasteiger partial charge < -0.3 is 14.7 Å². The van der Waals surface area contributed by atoms with Gasteiger partial charge in [-0.05, 0) is 12.1 Å². The molecule has 3 heterocycles. The van der Waals surface area contributed by atoms with Crippen molar-refractivity contribution >= 4 is 17.0 Å². The van der Waals surface area contributed by atoms with Crippen molar-refractivity contribution in [3.8, 4) is 0 Å². The average molecular weight is 200 g/mol. The molecule has 0 bridgehead atoms. The molecule has 1 aliphatic rings. The molecule has 2 aromatic rings. The zero-order valence-electron chi connectivity index (χ0n) is 8.35. The highest BCUT2D eigenvalue weighted by atomic mass is 15.2. The summed E-state index contributed by atoms with van der Waals surface area (Å²) in [4.78, 5) is 6.57. The van der Waals surface area contributed by atoms with E-state index in [2.05, 4.69) is 20.4 Å². The van der Waals surface area contributed by atoms with E-state index in [1.807, 2.05) is 24.7 Å². The summed E-state index contributed by atoms with van der Waals surface area (Å²) >= 11 is 0. The van der Waals surface area contributed by atoms with Crippen LogP contribution in [0.5, 0.6) is 0 Å². The first-order valence-corrected chi connectivity index (χ1v) is 5.07. The summed E-state index contributed by atoms with van der Waals surface area (Å²) < 4.78 is 2.06. The van der Waals surface area contributed by atoms with Crippen molar-refractivity contribution in [2.45, 2.75) is 6.42 Å². The third kappa shape index (κ3) is 1.29. The van der Waals surface area contributed by atoms with Crippen molar-refractivity contribution in [3.63, 3.8) is 0 Å². The minimum Gasteiger partial charge on any atom is -0.349 e. The SMILES string of the molecule is N=C1CCN(c2nccn3cccc23)C1. The predicted octanol–water partition coefficient (Wildman–Crippen LogP) is 1.56. The Morgan fingerprint density at radius 3 is 3.07 bits per heavy atom. The molecule has 0 aromatic carbocycles. The van der Waals surface area contributed by atoms with Crippen molar-refractivity contribution in [1.82, 2.24) is 9.38 Å². The van der Waals surface area contributed by atoms with Gasteiger partial charge >= 0.3 is 0 Å². The van der Waals surface area contributed by atoms with Crippen LogP contribution in [-0.2, 0) is 0 Å². The van der Waals surface area contributed by atoms with Crippen LogP contribution in [-0.4, -0.2) is 28.2 Å². The molecular weight excluding hydrogens is 188 g/mol. The Bertz CT molecular complexity index is 514. The number of nitrogens with zero attached hydrogens (tertiary/aromatic N) is 3. The topological polar surface area (TPSA) is 44.4 Å². The minimum absolute atomic E-state index is 0.720. The maximum absolute atomic E-state index is 7.62. The molecule has 1 aliphatic heterocycles. The van der Waals surface area contributed by atoms with Crippen LogP contribution in [0, 0.1) is 5.41 Å². The summed E-state index contributed by atoms with van der Waals surface area (Å²) in [5.41, 5.74) is 1.91. The van der Waals surface area contributed by atoms with Gasteiger partial charge in [-0.3, -0.25) is 0 Å². The number of aromatic nitrogens is 2. The molecular formula is C11H12N4. The predicted molar refractivity (Wildman–Crippen MR) is 59.7 cm³/mol. The normalized spacial score (nSPS) is 16.5. The first-order chi connectivity index (χ1) is 7.34. The van der Waals surface area contributed by atoms with Gasteiger partial charge in [-0.2, -0.15) is 0 Å². The molecule has 0 unspecified atom stereocenters. The molecule has 0 aliphatic carbocycles. The fourth-order valence-electron chi connectivity index (χ4n) is 2.04. The number of anilines is 1. The van der Waals surface area contributed by atoms with E-state index in [0.29, 0.717) is 0 Å². The van der Waals surface area contributed by atoms with E-state index in [4.69, 9.17) is 5.41 Å². The zero-order valence-corrected chi connectivity index (χ0v) is 8.35. The number of hydrogen-bond acceptors (Lipinski definition) is 3. The number of fused-ring (bicyclic) bond motifs is 1. The Hall–Kier alpha value is -1.84. The summed E-state index contributed by atoms with van der Waals surface area (Å²) in [6.45, 7) is 1.63. The van der Waals surface area contributed by atoms with Gasteiger partial charge in [0, 0.05) is 37.3 Å². The molecule has 0 atom stereocenters. The highest BCUT2D eigenvalue weighted by molar-refractivity contribution is 5.90. The van der Waals surface area contributed by atoms with E-state index in [1.54, 1.807) is 0 Å². The second-order valence-corrected chi connectivity index (χ2v) is 3.83. The van der Waals surface area contributed by atoms with Gasteiger partial charge in [-0.15, -0.1) is 0 Å². The van der Waals surface area contributed by atoms with Crippen LogP contribution in [0.2, 0.25) is 0 Å². The maximum Gasteiger partial charge on any atom is 0.153 e. The Morgan fingerprint density at radius 1 is 1.33 bits per heavy atom. The monoisotopic (exact) mass is 200 g/mol. The molecule has 0 saturated carbocycles. The number of nitrogens with one attached hydrogen (secondary N) is 1. The van der Waals surface area contributed by atoms with Gasteiger partial charge in [0.05, 0.1) is 12.1 Å². The maximum atomic E-state index is 7.62. The Kier molecular flexibility index (Phi) is 1.74. The third-order valence-corrected chi connectivity index (χ3v) is 2.80. The van der Waals surface area contributed by atoms with Crippen molar-refractivity contribution in [2.75, 3.05) is 18.0 Å². The molecule has 4 nitrogen and oxygen atoms in total. The van der Waals surface area contributed by atoms with Crippen LogP contribution in [0.4, 0.5) is 5.82 Å². The van der Waals surface area contributed by atoms with Crippen LogP contribution >= 0.6 is 0 Å². The van der Waals surface area contributed by atoms with E-state index >= 15 is 0 Å². The first-order valence-electron chi connectivity index (χ1n) is 5.07. The summed E-state index contributed by atoms with van der Waals surface area (Å²) in [6.07, 6.45) is 6.63. The smallest absolute Gasteiger partial charge is 0.153 e. The molecule has 1 fully saturated rings. The fourth-order valence-corrected chi connectivity index (χ4v) is 2.04. The molecule has 4 heteroatoms. The van der Waals surface area contributed by atoms with Gasteiger partial charge in [0.25, 0.3) is 0 Å². The molecule has 0 spiro atoms. The zero-order chi connectivity index (χ0) is 10.3. The molecule has 15 heavy (non-hydrogen) atoms. The lowest BCUT2D eigenvalue weighted by molar-refractivity contribution is 0.933. The van der Waals surface area contributed by atoms with E-state index in [9.17, 15) is 0 Å². The molecule has 0 amide bonds. The van der Waals surface area contributed by atoms with Crippen molar-refractivity contribution in [3.05, 3.63) is 30.7 Å². The van der Waals surface area contributed by atoms with Gasteiger partial charge in [-0.25, -0.2) is 4.98 Å². The van der Waals surface area contributed by atoms with Gasteiger partial charge in [-0.1, -0.05) is 0 Å². The summed E-state index contributed by atoms with van der Waals surface area (Å²) in [6, 6.07) is 4.08. The second kappa shape index (κ2) is 3.08. The minimum atomic E-state index is 0.720. The van der Waals surface area contributed by atoms with Gasteiger partial charge in [0.2, 0.25) is 0 Å². The van der Waals surface area contributed by atoms with E-state index in [1.165, 1.54) is 0 Å². The first kappa shape index (κ1) is 8.47. The third-order valence-electron chi connectivity index (χ3n) is 2.80. The van der Waals surface area contributed by atoms with Gasteiger partial charge in [0.1, 0.15) is 0 Å². The summed E-state index contributed by atoms with van der Waals surface area (Å²) in [7, 11) is 0. The molecule has 1 N–H and O–H groups in total. The van der Waals surface area contributed by atoms with Crippen molar-refractivity contribution < 1.29 is 0 Å². The second-order valence-electron chi connectivity index (χ2n) is 3.83. The number of rotatable bonds is 1. The van der Waals surface area contributed by atoms with Crippen LogP contribution in [0.15, 0.2) is 30.7 Å². The standard InChI is InChI=1S/C11H12N4/c12-9-3-6-15(8-9)11-10-2-1-5-14(10)7-4-13-11/h1-2,4-5,7,12H,3,6,8H2. The quantitative estimate of drug-likeness (QED) is 0.759. The molecule has 0 radical (unpaired) electrons. The van der Waals surface area contributed by atoms with Crippen LogP contribution in [0.25, 0.3) is 5.52 Å². The van der Waals surface area contributed by atoms with E-state index in [0.717, 1.165) is 36.6 Å². The summed E-state index contributed by atoms with van der Waals surface area (Å²) in [5.74, 6) is 0.991. The average Bonchev–Trinajstić information content (AvgIpc) is 2.84.